The average Bonchev–Trinajstić information content (AvgIpc) is 3.15. The maximum atomic E-state index is 12.6. The van der Waals surface area contributed by atoms with Crippen LogP contribution in [0.4, 0.5) is 0 Å². The molecule has 0 radical (unpaired) electrons. The van der Waals surface area contributed by atoms with Crippen molar-refractivity contribution in [3.8, 4) is 0 Å². The lowest BCUT2D eigenvalue weighted by molar-refractivity contribution is -0.0540. The molecule has 24 heavy (non-hydrogen) atoms. The first-order valence-corrected chi connectivity index (χ1v) is 8.74. The number of hydrogen-bond donors (Lipinski definition) is 0. The van der Waals surface area contributed by atoms with Crippen LogP contribution in [0.3, 0.4) is 0 Å². The molecule has 0 N–H and O–H groups in total. The molecule has 1 aromatic heterocycles. The molecule has 2 atom stereocenters. The van der Waals surface area contributed by atoms with Crippen LogP contribution in [-0.4, -0.2) is 73.9 Å². The lowest BCUT2D eigenvalue weighted by atomic mass is 9.93. The fourth-order valence-electron chi connectivity index (χ4n) is 3.52. The summed E-state index contributed by atoms with van der Waals surface area (Å²) in [6.45, 7) is 8.35. The molecule has 1 amide bonds. The number of rotatable bonds is 4. The molecular formula is C18H28N2O4. The first-order valence-electron chi connectivity index (χ1n) is 8.74. The Labute approximate surface area is 143 Å². The molecule has 3 heterocycles. The first kappa shape index (κ1) is 17.5. The monoisotopic (exact) mass is 336 g/mol. The number of carbonyl (C=O) groups excluding carboxylic acids is 1. The summed E-state index contributed by atoms with van der Waals surface area (Å²) in [4.78, 5) is 16.8. The van der Waals surface area contributed by atoms with E-state index in [1.54, 1.807) is 17.0 Å². The van der Waals surface area contributed by atoms with Gasteiger partial charge < -0.3 is 23.7 Å². The summed E-state index contributed by atoms with van der Waals surface area (Å²) in [7, 11) is 2.14. The number of amides is 1. The van der Waals surface area contributed by atoms with Crippen LogP contribution < -0.4 is 0 Å². The van der Waals surface area contributed by atoms with E-state index in [9.17, 15) is 4.79 Å². The Morgan fingerprint density at radius 1 is 1.50 bits per heavy atom. The van der Waals surface area contributed by atoms with Gasteiger partial charge in [0.05, 0.1) is 32.6 Å². The molecule has 6 heteroatoms. The number of nitrogens with zero attached hydrogens (tertiary/aromatic N) is 2. The van der Waals surface area contributed by atoms with Crippen molar-refractivity contribution in [3.63, 3.8) is 0 Å². The number of hydrogen-bond acceptors (Lipinski definition) is 5. The third-order valence-electron chi connectivity index (χ3n) is 5.08. The standard InChI is InChI=1S/C18H28N2O4/c1-14(2)19(3)10-15-9-18(24-11-15)12-20(6-8-22-13-18)17(21)16-5-4-7-23-16/h4-5,7,14-15H,6,8-13H2,1-3H3/t15-,18-/m0/s1. The number of furan rings is 1. The molecule has 2 saturated heterocycles. The van der Waals surface area contributed by atoms with Crippen LogP contribution in [0.25, 0.3) is 0 Å². The van der Waals surface area contributed by atoms with Gasteiger partial charge in [0.25, 0.3) is 5.91 Å². The summed E-state index contributed by atoms with van der Waals surface area (Å²) in [5, 5.41) is 0. The second-order valence-corrected chi connectivity index (χ2v) is 7.35. The molecular weight excluding hydrogens is 308 g/mol. The fourth-order valence-corrected chi connectivity index (χ4v) is 3.52. The fraction of sp³-hybridized carbons (Fsp3) is 0.722. The zero-order valence-corrected chi connectivity index (χ0v) is 14.9. The van der Waals surface area contributed by atoms with Crippen LogP contribution >= 0.6 is 0 Å². The largest absolute Gasteiger partial charge is 0.459 e. The Morgan fingerprint density at radius 2 is 2.33 bits per heavy atom. The van der Waals surface area contributed by atoms with Gasteiger partial charge in [0, 0.05) is 19.1 Å². The molecule has 134 valence electrons. The molecule has 2 fully saturated rings. The lowest BCUT2D eigenvalue weighted by Crippen LogP contribution is -2.46. The summed E-state index contributed by atoms with van der Waals surface area (Å²) >= 11 is 0. The SMILES string of the molecule is CC(C)N(C)C[C@H]1CO[C@@]2(COCCN(C(=O)c3ccco3)C2)C1. The lowest BCUT2D eigenvalue weighted by Gasteiger charge is -2.31. The maximum Gasteiger partial charge on any atom is 0.289 e. The van der Waals surface area contributed by atoms with Crippen molar-refractivity contribution in [1.82, 2.24) is 9.80 Å². The predicted molar refractivity (Wildman–Crippen MR) is 90.0 cm³/mol. The van der Waals surface area contributed by atoms with Crippen molar-refractivity contribution in [3.05, 3.63) is 24.2 Å². The molecule has 1 spiro atoms. The quantitative estimate of drug-likeness (QED) is 0.840. The van der Waals surface area contributed by atoms with Crippen LogP contribution in [0.2, 0.25) is 0 Å². The highest BCUT2D eigenvalue weighted by atomic mass is 16.5. The normalized spacial score (nSPS) is 28.0. The molecule has 2 aliphatic rings. The van der Waals surface area contributed by atoms with Gasteiger partial charge in [-0.1, -0.05) is 0 Å². The molecule has 2 aliphatic heterocycles. The predicted octanol–water partition coefficient (Wildman–Crippen LogP) is 1.87. The van der Waals surface area contributed by atoms with Crippen LogP contribution in [0, 0.1) is 5.92 Å². The Kier molecular flexibility index (Phi) is 5.27. The minimum Gasteiger partial charge on any atom is -0.459 e. The number of ether oxygens (including phenoxy) is 2. The van der Waals surface area contributed by atoms with Gasteiger partial charge in [-0.3, -0.25) is 4.79 Å². The Balaban J connectivity index is 1.65. The van der Waals surface area contributed by atoms with E-state index < -0.39 is 0 Å². The summed E-state index contributed by atoms with van der Waals surface area (Å²) in [5.74, 6) is 0.761. The molecule has 0 aliphatic carbocycles. The van der Waals surface area contributed by atoms with E-state index >= 15 is 0 Å². The maximum absolute atomic E-state index is 12.6. The zero-order chi connectivity index (χ0) is 17.2. The van der Waals surface area contributed by atoms with Crippen molar-refractivity contribution in [2.75, 3.05) is 46.5 Å². The molecule has 3 rings (SSSR count). The van der Waals surface area contributed by atoms with Gasteiger partial charge >= 0.3 is 0 Å². The van der Waals surface area contributed by atoms with E-state index in [0.717, 1.165) is 19.6 Å². The highest BCUT2D eigenvalue weighted by Crippen LogP contribution is 2.33. The molecule has 6 nitrogen and oxygen atoms in total. The summed E-state index contributed by atoms with van der Waals surface area (Å²) in [6, 6.07) is 3.96. The van der Waals surface area contributed by atoms with Crippen molar-refractivity contribution >= 4 is 5.91 Å². The Bertz CT molecular complexity index is 545. The van der Waals surface area contributed by atoms with E-state index in [0.29, 0.717) is 44.0 Å². The van der Waals surface area contributed by atoms with Crippen molar-refractivity contribution in [2.45, 2.75) is 31.9 Å². The van der Waals surface area contributed by atoms with Crippen LogP contribution in [0.5, 0.6) is 0 Å². The van der Waals surface area contributed by atoms with E-state index in [4.69, 9.17) is 13.9 Å². The summed E-state index contributed by atoms with van der Waals surface area (Å²) in [5.41, 5.74) is -0.388. The van der Waals surface area contributed by atoms with Gasteiger partial charge in [0.1, 0.15) is 5.60 Å². The highest BCUT2D eigenvalue weighted by molar-refractivity contribution is 5.91. The third kappa shape index (κ3) is 3.82. The molecule has 1 aromatic rings. The van der Waals surface area contributed by atoms with Gasteiger partial charge in [0.15, 0.2) is 5.76 Å². The summed E-state index contributed by atoms with van der Waals surface area (Å²) < 4.78 is 17.2. The van der Waals surface area contributed by atoms with Gasteiger partial charge in [-0.05, 0) is 45.4 Å². The van der Waals surface area contributed by atoms with Gasteiger partial charge in [-0.15, -0.1) is 0 Å². The first-order chi connectivity index (χ1) is 11.5. The number of carbonyl (C=O) groups is 1. The van der Waals surface area contributed by atoms with Gasteiger partial charge in [-0.25, -0.2) is 0 Å². The smallest absolute Gasteiger partial charge is 0.289 e. The third-order valence-corrected chi connectivity index (χ3v) is 5.08. The van der Waals surface area contributed by atoms with Crippen molar-refractivity contribution < 1.29 is 18.7 Å². The van der Waals surface area contributed by atoms with E-state index in [1.165, 1.54) is 6.26 Å². The van der Waals surface area contributed by atoms with E-state index in [2.05, 4.69) is 25.8 Å². The summed E-state index contributed by atoms with van der Waals surface area (Å²) in [6.07, 6.45) is 2.45. The van der Waals surface area contributed by atoms with Crippen LogP contribution in [0.15, 0.2) is 22.8 Å². The minimum atomic E-state index is -0.388. The Hall–Kier alpha value is -1.37. The minimum absolute atomic E-state index is 0.0868. The molecule has 0 bridgehead atoms. The average molecular weight is 336 g/mol. The highest BCUT2D eigenvalue weighted by Gasteiger charge is 2.44. The van der Waals surface area contributed by atoms with Crippen molar-refractivity contribution in [1.29, 1.82) is 0 Å². The molecule has 0 aromatic carbocycles. The zero-order valence-electron chi connectivity index (χ0n) is 14.9. The van der Waals surface area contributed by atoms with Crippen LogP contribution in [0.1, 0.15) is 30.8 Å². The van der Waals surface area contributed by atoms with E-state index in [-0.39, 0.29) is 11.5 Å². The van der Waals surface area contributed by atoms with Gasteiger partial charge in [-0.2, -0.15) is 0 Å². The molecule has 0 saturated carbocycles. The van der Waals surface area contributed by atoms with Crippen molar-refractivity contribution in [2.24, 2.45) is 5.92 Å². The Morgan fingerprint density at radius 3 is 3.04 bits per heavy atom. The molecule has 0 unspecified atom stereocenters. The second-order valence-electron chi connectivity index (χ2n) is 7.35. The van der Waals surface area contributed by atoms with Gasteiger partial charge in [0.2, 0.25) is 0 Å². The second kappa shape index (κ2) is 7.25. The van der Waals surface area contributed by atoms with E-state index in [1.807, 2.05) is 0 Å². The van der Waals surface area contributed by atoms with Crippen LogP contribution in [-0.2, 0) is 9.47 Å². The topological polar surface area (TPSA) is 55.2 Å².